The van der Waals surface area contributed by atoms with Crippen molar-refractivity contribution >= 4 is 37.5 Å². The number of aryl methyl sites for hydroxylation is 1. The van der Waals surface area contributed by atoms with Gasteiger partial charge in [0.15, 0.2) is 0 Å². The molecule has 2 aromatic rings. The minimum Gasteiger partial charge on any atom is -0.324 e. The molecule has 1 fully saturated rings. The van der Waals surface area contributed by atoms with E-state index in [-0.39, 0.29) is 17.3 Å². The molecule has 1 aliphatic heterocycles. The number of piperidine rings is 1. The molecule has 0 radical (unpaired) electrons. The molecule has 1 aliphatic rings. The van der Waals surface area contributed by atoms with Crippen LogP contribution in [0.3, 0.4) is 0 Å². The summed E-state index contributed by atoms with van der Waals surface area (Å²) in [5.74, 6) is 0.275. The first-order chi connectivity index (χ1) is 13.2. The maximum atomic E-state index is 13.1. The summed E-state index contributed by atoms with van der Waals surface area (Å²) >= 11 is 3.37. The molecular formula is C19H25BrN4O3S. The molecule has 0 aliphatic carbocycles. The first-order valence-corrected chi connectivity index (χ1v) is 11.5. The summed E-state index contributed by atoms with van der Waals surface area (Å²) in [6, 6.07) is 7.28. The lowest BCUT2D eigenvalue weighted by atomic mass is 10.0. The lowest BCUT2D eigenvalue weighted by Crippen LogP contribution is -2.38. The van der Waals surface area contributed by atoms with Crippen molar-refractivity contribution in [2.24, 2.45) is 5.92 Å². The zero-order valence-corrected chi connectivity index (χ0v) is 18.7. The summed E-state index contributed by atoms with van der Waals surface area (Å²) in [7, 11) is -3.61. The van der Waals surface area contributed by atoms with Gasteiger partial charge in [-0.2, -0.15) is 9.40 Å². The average Bonchev–Trinajstić information content (AvgIpc) is 2.89. The number of anilines is 1. The zero-order chi connectivity index (χ0) is 20.5. The van der Waals surface area contributed by atoms with Crippen LogP contribution in [-0.2, 0) is 21.4 Å². The van der Waals surface area contributed by atoms with Crippen LogP contribution in [-0.4, -0.2) is 41.5 Å². The first-order valence-electron chi connectivity index (χ1n) is 9.28. The Morgan fingerprint density at radius 3 is 2.61 bits per heavy atom. The molecule has 0 bridgehead atoms. The Bertz CT molecular complexity index is 979. The van der Waals surface area contributed by atoms with Crippen LogP contribution in [0, 0.1) is 19.8 Å². The molecule has 1 saturated heterocycles. The summed E-state index contributed by atoms with van der Waals surface area (Å²) in [5, 5.41) is 7.13. The molecule has 0 spiro atoms. The Morgan fingerprint density at radius 1 is 1.29 bits per heavy atom. The predicted octanol–water partition coefficient (Wildman–Crippen LogP) is 3.32. The highest BCUT2D eigenvalue weighted by atomic mass is 79.9. The molecule has 2 heterocycles. The number of amides is 1. The van der Waals surface area contributed by atoms with E-state index in [1.165, 1.54) is 8.99 Å². The predicted molar refractivity (Wildman–Crippen MR) is 112 cm³/mol. The van der Waals surface area contributed by atoms with Gasteiger partial charge in [0, 0.05) is 23.2 Å². The smallest absolute Gasteiger partial charge is 0.246 e. The van der Waals surface area contributed by atoms with E-state index in [0.717, 1.165) is 17.3 Å². The summed E-state index contributed by atoms with van der Waals surface area (Å²) in [6.45, 7) is 6.52. The van der Waals surface area contributed by atoms with E-state index in [0.29, 0.717) is 36.1 Å². The molecule has 7 nitrogen and oxygen atoms in total. The van der Waals surface area contributed by atoms with E-state index in [1.54, 1.807) is 26.0 Å². The average molecular weight is 469 g/mol. The Labute approximate surface area is 174 Å². The molecule has 0 saturated carbocycles. The van der Waals surface area contributed by atoms with Crippen LogP contribution in [0.25, 0.3) is 0 Å². The molecular weight excluding hydrogens is 444 g/mol. The van der Waals surface area contributed by atoms with Crippen molar-refractivity contribution in [3.05, 3.63) is 40.1 Å². The largest absolute Gasteiger partial charge is 0.324 e. The molecule has 0 unspecified atom stereocenters. The van der Waals surface area contributed by atoms with Crippen molar-refractivity contribution < 1.29 is 13.2 Å². The SMILES string of the molecule is Cc1nn(CC(=O)Nc2cccc(Br)c2)c(C)c1S(=O)(=O)N1CCC(C)CC1. The number of benzene rings is 1. The molecule has 1 N–H and O–H groups in total. The fourth-order valence-corrected chi connectivity index (χ4v) is 5.71. The fraction of sp³-hybridized carbons (Fsp3) is 0.474. The number of carbonyl (C=O) groups excluding carboxylic acids is 1. The maximum Gasteiger partial charge on any atom is 0.246 e. The van der Waals surface area contributed by atoms with Crippen LogP contribution in [0.2, 0.25) is 0 Å². The Hall–Kier alpha value is -1.71. The van der Waals surface area contributed by atoms with Crippen molar-refractivity contribution in [1.82, 2.24) is 14.1 Å². The fourth-order valence-electron chi connectivity index (χ4n) is 3.46. The van der Waals surface area contributed by atoms with Crippen LogP contribution < -0.4 is 5.32 Å². The lowest BCUT2D eigenvalue weighted by Gasteiger charge is -2.29. The van der Waals surface area contributed by atoms with Crippen molar-refractivity contribution in [2.75, 3.05) is 18.4 Å². The van der Waals surface area contributed by atoms with Gasteiger partial charge in [-0.15, -0.1) is 0 Å². The van der Waals surface area contributed by atoms with E-state index in [2.05, 4.69) is 33.3 Å². The van der Waals surface area contributed by atoms with Crippen LogP contribution in [0.4, 0.5) is 5.69 Å². The van der Waals surface area contributed by atoms with E-state index >= 15 is 0 Å². The number of nitrogens with zero attached hydrogens (tertiary/aromatic N) is 3. The van der Waals surface area contributed by atoms with Gasteiger partial charge in [-0.05, 0) is 50.8 Å². The highest BCUT2D eigenvalue weighted by Crippen LogP contribution is 2.27. The number of hydrogen-bond donors (Lipinski definition) is 1. The number of nitrogens with one attached hydrogen (secondary N) is 1. The van der Waals surface area contributed by atoms with Crippen LogP contribution in [0.5, 0.6) is 0 Å². The van der Waals surface area contributed by atoms with Gasteiger partial charge < -0.3 is 5.32 Å². The van der Waals surface area contributed by atoms with E-state index in [4.69, 9.17) is 0 Å². The van der Waals surface area contributed by atoms with Crippen LogP contribution in [0.15, 0.2) is 33.6 Å². The summed E-state index contributed by atoms with van der Waals surface area (Å²) in [4.78, 5) is 12.6. The molecule has 152 valence electrons. The summed E-state index contributed by atoms with van der Waals surface area (Å²) in [5.41, 5.74) is 1.57. The van der Waals surface area contributed by atoms with Gasteiger partial charge in [0.05, 0.1) is 11.4 Å². The number of rotatable bonds is 5. The van der Waals surface area contributed by atoms with Gasteiger partial charge in [0.25, 0.3) is 0 Å². The minimum atomic E-state index is -3.61. The number of carbonyl (C=O) groups is 1. The highest BCUT2D eigenvalue weighted by molar-refractivity contribution is 9.10. The molecule has 1 amide bonds. The molecule has 9 heteroatoms. The third-order valence-corrected chi connectivity index (χ3v) is 7.70. The summed E-state index contributed by atoms with van der Waals surface area (Å²) in [6.07, 6.45) is 1.72. The Morgan fingerprint density at radius 2 is 1.96 bits per heavy atom. The Kier molecular flexibility index (Phi) is 6.26. The van der Waals surface area contributed by atoms with E-state index in [9.17, 15) is 13.2 Å². The first kappa shape index (κ1) is 21.0. The van der Waals surface area contributed by atoms with Crippen LogP contribution >= 0.6 is 15.9 Å². The highest BCUT2D eigenvalue weighted by Gasteiger charge is 2.33. The molecule has 0 atom stereocenters. The standard InChI is InChI=1S/C19H25BrN4O3S/c1-13-7-9-23(10-8-13)28(26,27)19-14(2)22-24(15(19)3)12-18(25)21-17-6-4-5-16(20)11-17/h4-6,11,13H,7-10,12H2,1-3H3,(H,21,25). The van der Waals surface area contributed by atoms with Crippen LogP contribution in [0.1, 0.15) is 31.2 Å². The lowest BCUT2D eigenvalue weighted by molar-refractivity contribution is -0.116. The zero-order valence-electron chi connectivity index (χ0n) is 16.3. The van der Waals surface area contributed by atoms with Gasteiger partial charge in [-0.3, -0.25) is 9.48 Å². The third-order valence-electron chi connectivity index (χ3n) is 5.06. The molecule has 1 aromatic heterocycles. The topological polar surface area (TPSA) is 84.3 Å². The summed E-state index contributed by atoms with van der Waals surface area (Å²) < 4.78 is 30.1. The van der Waals surface area contributed by atoms with Crippen molar-refractivity contribution in [3.63, 3.8) is 0 Å². The molecule has 28 heavy (non-hydrogen) atoms. The second-order valence-corrected chi connectivity index (χ2v) is 10.1. The van der Waals surface area contributed by atoms with Gasteiger partial charge in [0.2, 0.25) is 15.9 Å². The van der Waals surface area contributed by atoms with Gasteiger partial charge in [-0.1, -0.05) is 28.9 Å². The third kappa shape index (κ3) is 4.47. The normalized spacial score (nSPS) is 16.3. The van der Waals surface area contributed by atoms with Gasteiger partial charge >= 0.3 is 0 Å². The van der Waals surface area contributed by atoms with Gasteiger partial charge in [0.1, 0.15) is 11.4 Å². The van der Waals surface area contributed by atoms with Gasteiger partial charge in [-0.25, -0.2) is 8.42 Å². The van der Waals surface area contributed by atoms with Crippen molar-refractivity contribution in [1.29, 1.82) is 0 Å². The molecule has 3 rings (SSSR count). The van der Waals surface area contributed by atoms with E-state index < -0.39 is 10.0 Å². The maximum absolute atomic E-state index is 13.1. The van der Waals surface area contributed by atoms with Crippen molar-refractivity contribution in [3.8, 4) is 0 Å². The minimum absolute atomic E-state index is 0.0499. The monoisotopic (exact) mass is 468 g/mol. The number of hydrogen-bond acceptors (Lipinski definition) is 4. The quantitative estimate of drug-likeness (QED) is 0.728. The second-order valence-electron chi connectivity index (χ2n) is 7.30. The number of aromatic nitrogens is 2. The van der Waals surface area contributed by atoms with E-state index in [1.807, 2.05) is 12.1 Å². The molecule has 1 aromatic carbocycles. The Balaban J connectivity index is 1.78. The number of sulfonamides is 1. The number of halogens is 1. The van der Waals surface area contributed by atoms with Crippen molar-refractivity contribution in [2.45, 2.75) is 45.1 Å². The second kappa shape index (κ2) is 8.34.